The molecule has 0 bridgehead atoms. The second kappa shape index (κ2) is 10.3. The number of phenolic OH excluding ortho intramolecular Hbond substituents is 1. The fourth-order valence-corrected chi connectivity index (χ4v) is 6.12. The number of phenols is 1. The molecule has 0 fully saturated rings. The van der Waals surface area contributed by atoms with Crippen molar-refractivity contribution in [3.8, 4) is 5.75 Å². The Kier molecular flexibility index (Phi) is 8.52. The third-order valence-corrected chi connectivity index (χ3v) is 8.34. The highest BCUT2D eigenvalue weighted by atomic mass is 35.5. The summed E-state index contributed by atoms with van der Waals surface area (Å²) < 4.78 is 39.9. The number of aromatic hydroxyl groups is 1. The molecule has 7 nitrogen and oxygen atoms in total. The molecule has 0 aliphatic carbocycles. The fourth-order valence-electron chi connectivity index (χ4n) is 3.11. The van der Waals surface area contributed by atoms with Crippen LogP contribution in [0, 0.1) is 0 Å². The topological polar surface area (TPSA) is 104 Å². The van der Waals surface area contributed by atoms with Crippen molar-refractivity contribution >= 4 is 55.6 Å². The first-order chi connectivity index (χ1) is 14.5. The SMILES string of the molecule is CCc1cc(S(=O)(=O)N(CC)CC)cc(NC(=O)c2cc(Cl)c(O)c(Cl)c2)c1S(C)=O. The van der Waals surface area contributed by atoms with Gasteiger partial charge < -0.3 is 10.4 Å². The first-order valence-corrected chi connectivity index (χ1v) is 13.2. The van der Waals surface area contributed by atoms with E-state index in [9.17, 15) is 22.5 Å². The van der Waals surface area contributed by atoms with Gasteiger partial charge in [-0.1, -0.05) is 44.0 Å². The molecular formula is C20H24Cl2N2O5S2. The van der Waals surface area contributed by atoms with E-state index in [0.29, 0.717) is 16.9 Å². The summed E-state index contributed by atoms with van der Waals surface area (Å²) in [6, 6.07) is 5.27. The number of hydrogen-bond acceptors (Lipinski definition) is 5. The first-order valence-electron chi connectivity index (χ1n) is 9.47. The lowest BCUT2D eigenvalue weighted by molar-refractivity contribution is 0.102. The molecule has 31 heavy (non-hydrogen) atoms. The van der Waals surface area contributed by atoms with E-state index in [1.807, 2.05) is 6.92 Å². The summed E-state index contributed by atoms with van der Waals surface area (Å²) >= 11 is 11.8. The van der Waals surface area contributed by atoms with Crippen LogP contribution in [0.2, 0.25) is 10.0 Å². The number of amides is 1. The number of halogens is 2. The number of anilines is 1. The Morgan fingerprint density at radius 2 is 1.65 bits per heavy atom. The van der Waals surface area contributed by atoms with Crippen LogP contribution in [-0.2, 0) is 27.2 Å². The van der Waals surface area contributed by atoms with Gasteiger partial charge in [-0.05, 0) is 36.2 Å². The second-order valence-corrected chi connectivity index (χ2v) is 10.7. The van der Waals surface area contributed by atoms with E-state index in [4.69, 9.17) is 23.2 Å². The van der Waals surface area contributed by atoms with E-state index in [0.717, 1.165) is 0 Å². The Bertz CT molecular complexity index is 1110. The smallest absolute Gasteiger partial charge is 0.255 e. The molecule has 0 saturated heterocycles. The molecule has 0 saturated carbocycles. The lowest BCUT2D eigenvalue weighted by Gasteiger charge is -2.21. The van der Waals surface area contributed by atoms with Crippen LogP contribution in [0.3, 0.4) is 0 Å². The number of carbonyl (C=O) groups is 1. The minimum absolute atomic E-state index is 0.000629. The Morgan fingerprint density at radius 3 is 2.10 bits per heavy atom. The number of hydrogen-bond donors (Lipinski definition) is 2. The lowest BCUT2D eigenvalue weighted by atomic mass is 10.1. The highest BCUT2D eigenvalue weighted by molar-refractivity contribution is 7.89. The van der Waals surface area contributed by atoms with Crippen LogP contribution < -0.4 is 5.32 Å². The van der Waals surface area contributed by atoms with E-state index in [1.54, 1.807) is 13.8 Å². The van der Waals surface area contributed by atoms with Crippen LogP contribution in [0.15, 0.2) is 34.1 Å². The molecule has 0 spiro atoms. The van der Waals surface area contributed by atoms with E-state index < -0.39 is 26.7 Å². The number of sulfonamides is 1. The number of nitrogens with one attached hydrogen (secondary N) is 1. The second-order valence-electron chi connectivity index (χ2n) is 6.60. The molecule has 0 aromatic heterocycles. The van der Waals surface area contributed by atoms with Gasteiger partial charge in [0.1, 0.15) is 0 Å². The molecule has 0 heterocycles. The zero-order valence-electron chi connectivity index (χ0n) is 17.5. The zero-order chi connectivity index (χ0) is 23.5. The molecule has 2 aromatic carbocycles. The van der Waals surface area contributed by atoms with Crippen molar-refractivity contribution in [2.24, 2.45) is 0 Å². The summed E-state index contributed by atoms with van der Waals surface area (Å²) in [4.78, 5) is 13.2. The Balaban J connectivity index is 2.65. The molecule has 0 radical (unpaired) electrons. The molecule has 1 unspecified atom stereocenters. The monoisotopic (exact) mass is 506 g/mol. The maximum atomic E-state index is 13.1. The molecule has 170 valence electrons. The minimum atomic E-state index is -3.81. The van der Waals surface area contributed by atoms with Gasteiger partial charge in [0, 0.05) is 24.9 Å². The van der Waals surface area contributed by atoms with Crippen molar-refractivity contribution in [2.75, 3.05) is 24.7 Å². The van der Waals surface area contributed by atoms with Gasteiger partial charge in [-0.25, -0.2) is 8.42 Å². The van der Waals surface area contributed by atoms with Gasteiger partial charge in [0.2, 0.25) is 10.0 Å². The quantitative estimate of drug-likeness (QED) is 0.555. The molecule has 11 heteroatoms. The van der Waals surface area contributed by atoms with E-state index in [2.05, 4.69) is 5.32 Å². The number of nitrogens with zero attached hydrogens (tertiary/aromatic N) is 1. The summed E-state index contributed by atoms with van der Waals surface area (Å²) in [6.07, 6.45) is 1.87. The average Bonchev–Trinajstić information content (AvgIpc) is 2.71. The number of aryl methyl sites for hydroxylation is 1. The molecule has 0 aliphatic heterocycles. The Hall–Kier alpha value is -1.65. The van der Waals surface area contributed by atoms with Crippen LogP contribution >= 0.6 is 23.2 Å². The van der Waals surface area contributed by atoms with Crippen molar-refractivity contribution < 1.29 is 22.5 Å². The highest BCUT2D eigenvalue weighted by Crippen LogP contribution is 2.34. The van der Waals surface area contributed by atoms with Crippen LogP contribution in [0.5, 0.6) is 5.75 Å². The van der Waals surface area contributed by atoms with E-state index in [-0.39, 0.29) is 45.0 Å². The van der Waals surface area contributed by atoms with Gasteiger partial charge in [-0.15, -0.1) is 0 Å². The lowest BCUT2D eigenvalue weighted by Crippen LogP contribution is -2.31. The predicted octanol–water partition coefficient (Wildman–Crippen LogP) is 4.28. The number of rotatable bonds is 8. The summed E-state index contributed by atoms with van der Waals surface area (Å²) in [5, 5.41) is 12.1. The number of carbonyl (C=O) groups excluding carboxylic acids is 1. The fraction of sp³-hybridized carbons (Fsp3) is 0.350. The summed E-state index contributed by atoms with van der Waals surface area (Å²) in [6.45, 7) is 5.85. The average molecular weight is 507 g/mol. The zero-order valence-corrected chi connectivity index (χ0v) is 20.7. The first kappa shape index (κ1) is 25.6. The van der Waals surface area contributed by atoms with Gasteiger partial charge in [-0.3, -0.25) is 9.00 Å². The summed E-state index contributed by atoms with van der Waals surface area (Å²) in [5.74, 6) is -0.995. The predicted molar refractivity (Wildman–Crippen MR) is 124 cm³/mol. The standard InChI is InChI=1S/C20H24Cl2N2O5S2/c1-5-12-8-14(31(28,29)24(6-2)7-3)11-17(19(12)30(4)27)23-20(26)13-9-15(21)18(25)16(22)10-13/h8-11,25H,5-7H2,1-4H3,(H,23,26). The van der Waals surface area contributed by atoms with Crippen LogP contribution in [-0.4, -0.2) is 47.3 Å². The van der Waals surface area contributed by atoms with Crippen molar-refractivity contribution in [2.45, 2.75) is 37.0 Å². The highest BCUT2D eigenvalue weighted by Gasteiger charge is 2.26. The van der Waals surface area contributed by atoms with E-state index >= 15 is 0 Å². The maximum Gasteiger partial charge on any atom is 0.255 e. The summed E-state index contributed by atoms with van der Waals surface area (Å²) in [7, 11) is -5.31. The van der Waals surface area contributed by atoms with Crippen LogP contribution in [0.4, 0.5) is 5.69 Å². The van der Waals surface area contributed by atoms with Crippen LogP contribution in [0.1, 0.15) is 36.7 Å². The largest absolute Gasteiger partial charge is 0.505 e. The van der Waals surface area contributed by atoms with Crippen molar-refractivity contribution in [3.63, 3.8) is 0 Å². The molecule has 2 aromatic rings. The van der Waals surface area contributed by atoms with Gasteiger partial charge in [0.05, 0.1) is 36.3 Å². The molecule has 0 aliphatic rings. The van der Waals surface area contributed by atoms with Gasteiger partial charge in [0.25, 0.3) is 5.91 Å². The van der Waals surface area contributed by atoms with Crippen molar-refractivity contribution in [1.82, 2.24) is 4.31 Å². The Morgan fingerprint density at radius 1 is 1.10 bits per heavy atom. The van der Waals surface area contributed by atoms with Gasteiger partial charge >= 0.3 is 0 Å². The normalized spacial score (nSPS) is 12.7. The Labute approximate surface area is 194 Å². The molecule has 2 rings (SSSR count). The van der Waals surface area contributed by atoms with E-state index in [1.165, 1.54) is 34.8 Å². The van der Waals surface area contributed by atoms with Gasteiger partial charge in [0.15, 0.2) is 5.75 Å². The van der Waals surface area contributed by atoms with Gasteiger partial charge in [-0.2, -0.15) is 4.31 Å². The molecule has 2 N–H and O–H groups in total. The molecular weight excluding hydrogens is 483 g/mol. The van der Waals surface area contributed by atoms with Crippen molar-refractivity contribution in [1.29, 1.82) is 0 Å². The number of benzene rings is 2. The summed E-state index contributed by atoms with van der Waals surface area (Å²) in [5.41, 5.74) is 0.720. The third kappa shape index (κ3) is 5.40. The molecule has 1 atom stereocenters. The minimum Gasteiger partial charge on any atom is -0.505 e. The third-order valence-electron chi connectivity index (χ3n) is 4.68. The van der Waals surface area contributed by atoms with Crippen molar-refractivity contribution in [3.05, 3.63) is 45.4 Å². The molecule has 1 amide bonds. The maximum absolute atomic E-state index is 13.1. The van der Waals surface area contributed by atoms with Crippen LogP contribution in [0.25, 0.3) is 0 Å².